The number of rotatable bonds is 3. The van der Waals surface area contributed by atoms with Crippen LogP contribution < -0.4 is 10.5 Å². The molecule has 2 aromatic heterocycles. The highest BCUT2D eigenvalue weighted by Crippen LogP contribution is 2.36. The van der Waals surface area contributed by atoms with Crippen LogP contribution in [0.1, 0.15) is 27.1 Å². The summed E-state index contributed by atoms with van der Waals surface area (Å²) in [7, 11) is 1.66. The number of aromatic nitrogens is 1. The molecule has 0 aliphatic carbocycles. The zero-order chi connectivity index (χ0) is 13.2. The summed E-state index contributed by atoms with van der Waals surface area (Å²) in [6.07, 6.45) is 2.93. The van der Waals surface area contributed by atoms with E-state index in [2.05, 4.69) is 11.1 Å². The second-order valence-corrected chi connectivity index (χ2v) is 6.74. The van der Waals surface area contributed by atoms with Crippen molar-refractivity contribution in [2.75, 3.05) is 12.9 Å². The van der Waals surface area contributed by atoms with Gasteiger partial charge in [0.05, 0.1) is 13.2 Å². The Morgan fingerprint density at radius 1 is 1.47 bits per heavy atom. The van der Waals surface area contributed by atoms with Crippen molar-refractivity contribution in [1.82, 2.24) is 4.98 Å². The molecule has 5 heteroatoms. The normalized spacial score (nSPS) is 15.9. The predicted octanol–water partition coefficient (Wildman–Crippen LogP) is 2.99. The minimum absolute atomic E-state index is 0.197. The molecule has 0 spiro atoms. The monoisotopic (exact) mass is 292 g/mol. The van der Waals surface area contributed by atoms with Crippen LogP contribution in [0.3, 0.4) is 0 Å². The van der Waals surface area contributed by atoms with E-state index in [0.29, 0.717) is 0 Å². The summed E-state index contributed by atoms with van der Waals surface area (Å²) in [4.78, 5) is 7.05. The van der Waals surface area contributed by atoms with Crippen molar-refractivity contribution in [1.29, 1.82) is 0 Å². The van der Waals surface area contributed by atoms with E-state index in [0.717, 1.165) is 23.6 Å². The van der Waals surface area contributed by atoms with Gasteiger partial charge in [-0.05, 0) is 35.9 Å². The van der Waals surface area contributed by atoms with Crippen LogP contribution in [0.15, 0.2) is 24.4 Å². The lowest BCUT2D eigenvalue weighted by molar-refractivity contribution is 0.405. The molecule has 3 rings (SSSR count). The maximum absolute atomic E-state index is 6.37. The van der Waals surface area contributed by atoms with Crippen LogP contribution in [0.4, 0.5) is 0 Å². The lowest BCUT2D eigenvalue weighted by Crippen LogP contribution is -2.13. The molecule has 0 saturated carbocycles. The number of fused-ring (bicyclic) bond motifs is 1. The molecule has 0 saturated heterocycles. The lowest BCUT2D eigenvalue weighted by atomic mass is 10.1. The zero-order valence-electron chi connectivity index (χ0n) is 10.8. The van der Waals surface area contributed by atoms with E-state index < -0.39 is 0 Å². The van der Waals surface area contributed by atoms with Crippen molar-refractivity contribution in [2.45, 2.75) is 18.2 Å². The van der Waals surface area contributed by atoms with Gasteiger partial charge in [-0.15, -0.1) is 11.3 Å². The highest BCUT2D eigenvalue weighted by atomic mass is 32.2. The van der Waals surface area contributed by atoms with Crippen LogP contribution in [0.2, 0.25) is 0 Å². The number of thiophene rings is 1. The number of nitrogens with zero attached hydrogens (tertiary/aromatic N) is 1. The molecule has 1 aliphatic heterocycles. The van der Waals surface area contributed by atoms with Crippen molar-refractivity contribution < 1.29 is 4.74 Å². The van der Waals surface area contributed by atoms with E-state index in [4.69, 9.17) is 10.5 Å². The Morgan fingerprint density at radius 3 is 3.16 bits per heavy atom. The fourth-order valence-corrected chi connectivity index (χ4v) is 4.65. The first-order valence-electron chi connectivity index (χ1n) is 6.23. The van der Waals surface area contributed by atoms with E-state index in [1.165, 1.54) is 21.1 Å². The van der Waals surface area contributed by atoms with Crippen LogP contribution in [0.25, 0.3) is 0 Å². The maximum atomic E-state index is 6.37. The summed E-state index contributed by atoms with van der Waals surface area (Å²) in [5.41, 5.74) is 8.63. The molecule has 2 N–H and O–H groups in total. The lowest BCUT2D eigenvalue weighted by Gasteiger charge is -2.12. The van der Waals surface area contributed by atoms with Gasteiger partial charge in [0.1, 0.15) is 11.4 Å². The summed E-state index contributed by atoms with van der Waals surface area (Å²) < 4.78 is 5.35. The zero-order valence-corrected chi connectivity index (χ0v) is 12.4. The number of methoxy groups -OCH3 is 1. The molecule has 1 atom stereocenters. The average molecular weight is 292 g/mol. The van der Waals surface area contributed by atoms with Gasteiger partial charge in [0.15, 0.2) is 0 Å². The second kappa shape index (κ2) is 5.53. The smallest absolute Gasteiger partial charge is 0.142 e. The molecule has 2 aromatic rings. The standard InChI is InChI=1S/C14H16N2OS2/c1-17-10-3-2-5-16-14(10)13(15)12-7-9-8-18-6-4-11(9)19-12/h2-3,5,7,13H,4,6,8,15H2,1H3. The Kier molecular flexibility index (Phi) is 3.77. The maximum Gasteiger partial charge on any atom is 0.142 e. The van der Waals surface area contributed by atoms with Crippen molar-refractivity contribution in [3.63, 3.8) is 0 Å². The van der Waals surface area contributed by atoms with Crippen LogP contribution in [-0.2, 0) is 12.2 Å². The van der Waals surface area contributed by atoms with Crippen LogP contribution in [0.5, 0.6) is 5.75 Å². The largest absolute Gasteiger partial charge is 0.495 e. The number of thioether (sulfide) groups is 1. The minimum atomic E-state index is -0.197. The Morgan fingerprint density at radius 2 is 2.37 bits per heavy atom. The first-order chi connectivity index (χ1) is 9.29. The summed E-state index contributed by atoms with van der Waals surface area (Å²) >= 11 is 3.82. The Balaban J connectivity index is 1.95. The fraction of sp³-hybridized carbons (Fsp3) is 0.357. The molecule has 1 aliphatic rings. The Bertz CT molecular complexity index is 559. The van der Waals surface area contributed by atoms with Crippen molar-refractivity contribution in [3.05, 3.63) is 45.4 Å². The molecule has 0 fully saturated rings. The third-order valence-electron chi connectivity index (χ3n) is 3.27. The number of nitrogens with two attached hydrogens (primary N) is 1. The summed E-state index contributed by atoms with van der Waals surface area (Å²) in [6.45, 7) is 0. The minimum Gasteiger partial charge on any atom is -0.495 e. The van der Waals surface area contributed by atoms with E-state index in [1.807, 2.05) is 35.2 Å². The highest BCUT2D eigenvalue weighted by Gasteiger charge is 2.21. The van der Waals surface area contributed by atoms with Gasteiger partial charge in [-0.1, -0.05) is 0 Å². The molecule has 0 bridgehead atoms. The van der Waals surface area contributed by atoms with Crippen LogP contribution in [0, 0.1) is 0 Å². The first kappa shape index (κ1) is 13.0. The van der Waals surface area contributed by atoms with Gasteiger partial charge in [-0.2, -0.15) is 11.8 Å². The van der Waals surface area contributed by atoms with E-state index >= 15 is 0 Å². The number of hydrogen-bond acceptors (Lipinski definition) is 5. The number of ether oxygens (including phenoxy) is 1. The molecular weight excluding hydrogens is 276 g/mol. The summed E-state index contributed by atoms with van der Waals surface area (Å²) in [5, 5.41) is 0. The number of hydrogen-bond donors (Lipinski definition) is 1. The molecule has 3 nitrogen and oxygen atoms in total. The SMILES string of the molecule is COc1cccnc1C(N)c1cc2c(s1)CCSC2. The Hall–Kier alpha value is -1.04. The van der Waals surface area contributed by atoms with Gasteiger partial charge >= 0.3 is 0 Å². The first-order valence-corrected chi connectivity index (χ1v) is 8.20. The van der Waals surface area contributed by atoms with Crippen molar-refractivity contribution in [2.24, 2.45) is 5.73 Å². The van der Waals surface area contributed by atoms with Gasteiger partial charge in [-0.3, -0.25) is 4.98 Å². The molecule has 19 heavy (non-hydrogen) atoms. The molecule has 0 amide bonds. The average Bonchev–Trinajstić information content (AvgIpc) is 2.90. The fourth-order valence-electron chi connectivity index (χ4n) is 2.27. The summed E-state index contributed by atoms with van der Waals surface area (Å²) in [6, 6.07) is 5.82. The van der Waals surface area contributed by atoms with E-state index in [9.17, 15) is 0 Å². The highest BCUT2D eigenvalue weighted by molar-refractivity contribution is 7.98. The van der Waals surface area contributed by atoms with Gasteiger partial charge in [-0.25, -0.2) is 0 Å². The molecule has 0 aromatic carbocycles. The third kappa shape index (κ3) is 2.50. The quantitative estimate of drug-likeness (QED) is 0.945. The number of pyridine rings is 1. The topological polar surface area (TPSA) is 48.1 Å². The molecule has 0 radical (unpaired) electrons. The van der Waals surface area contributed by atoms with E-state index in [-0.39, 0.29) is 6.04 Å². The van der Waals surface area contributed by atoms with Crippen molar-refractivity contribution in [3.8, 4) is 5.75 Å². The van der Waals surface area contributed by atoms with Gasteiger partial charge in [0.25, 0.3) is 0 Å². The van der Waals surface area contributed by atoms with Gasteiger partial charge in [0, 0.05) is 21.7 Å². The predicted molar refractivity (Wildman–Crippen MR) is 81.0 cm³/mol. The Labute approximate surface area is 121 Å². The summed E-state index contributed by atoms with van der Waals surface area (Å²) in [5.74, 6) is 3.09. The van der Waals surface area contributed by atoms with Gasteiger partial charge < -0.3 is 10.5 Å². The molecular formula is C14H16N2OS2. The van der Waals surface area contributed by atoms with E-state index in [1.54, 1.807) is 13.3 Å². The molecule has 3 heterocycles. The van der Waals surface area contributed by atoms with Crippen LogP contribution in [-0.4, -0.2) is 17.8 Å². The number of aryl methyl sites for hydroxylation is 1. The second-order valence-electron chi connectivity index (χ2n) is 4.47. The molecule has 1 unspecified atom stereocenters. The third-order valence-corrected chi connectivity index (χ3v) is 5.60. The van der Waals surface area contributed by atoms with Crippen LogP contribution >= 0.6 is 23.1 Å². The molecule has 100 valence electrons. The van der Waals surface area contributed by atoms with Gasteiger partial charge in [0.2, 0.25) is 0 Å². The van der Waals surface area contributed by atoms with Crippen molar-refractivity contribution >= 4 is 23.1 Å².